The molecular weight excluding hydrogens is 224 g/mol. The molecular formula is C15H22N2O. The molecule has 2 rings (SSSR count). The van der Waals surface area contributed by atoms with Gasteiger partial charge in [-0.05, 0) is 49.8 Å². The van der Waals surface area contributed by atoms with E-state index < -0.39 is 0 Å². The molecule has 1 heterocycles. The third kappa shape index (κ3) is 3.10. The van der Waals surface area contributed by atoms with Crippen LogP contribution in [0.4, 0.5) is 0 Å². The van der Waals surface area contributed by atoms with Crippen LogP contribution in [0.3, 0.4) is 0 Å². The molecule has 98 valence electrons. The van der Waals surface area contributed by atoms with Crippen molar-refractivity contribution in [3.63, 3.8) is 0 Å². The van der Waals surface area contributed by atoms with Gasteiger partial charge in [0.2, 0.25) is 5.91 Å². The van der Waals surface area contributed by atoms with Gasteiger partial charge in [-0.3, -0.25) is 4.79 Å². The highest BCUT2D eigenvalue weighted by atomic mass is 16.2. The van der Waals surface area contributed by atoms with Gasteiger partial charge in [-0.15, -0.1) is 0 Å². The molecule has 0 radical (unpaired) electrons. The van der Waals surface area contributed by atoms with E-state index in [1.807, 2.05) is 0 Å². The normalized spacial score (nSPS) is 20.3. The predicted octanol–water partition coefficient (Wildman–Crippen LogP) is 2.06. The zero-order valence-corrected chi connectivity index (χ0v) is 11.3. The van der Waals surface area contributed by atoms with Crippen LogP contribution in [0.5, 0.6) is 0 Å². The van der Waals surface area contributed by atoms with Gasteiger partial charge in [0.1, 0.15) is 0 Å². The first-order chi connectivity index (χ1) is 8.68. The van der Waals surface area contributed by atoms with Crippen LogP contribution in [-0.4, -0.2) is 18.5 Å². The Morgan fingerprint density at radius 2 is 2.17 bits per heavy atom. The molecule has 0 spiro atoms. The highest BCUT2D eigenvalue weighted by Crippen LogP contribution is 2.13. The zero-order valence-electron chi connectivity index (χ0n) is 11.3. The van der Waals surface area contributed by atoms with Crippen molar-refractivity contribution < 1.29 is 4.79 Å². The fourth-order valence-electron chi connectivity index (χ4n) is 2.37. The maximum atomic E-state index is 11.8. The number of hydrogen-bond acceptors (Lipinski definition) is 2. The van der Waals surface area contributed by atoms with E-state index in [1.54, 1.807) is 0 Å². The fourth-order valence-corrected chi connectivity index (χ4v) is 2.37. The summed E-state index contributed by atoms with van der Waals surface area (Å²) in [5.74, 6) is 0.151. The van der Waals surface area contributed by atoms with Gasteiger partial charge in [0.25, 0.3) is 0 Å². The average Bonchev–Trinajstić information content (AvgIpc) is 2.56. The summed E-state index contributed by atoms with van der Waals surface area (Å²) in [6.07, 6.45) is 3.15. The minimum absolute atomic E-state index is 0.0348. The van der Waals surface area contributed by atoms with Crippen molar-refractivity contribution in [1.29, 1.82) is 0 Å². The predicted molar refractivity (Wildman–Crippen MR) is 73.4 cm³/mol. The molecule has 1 aliphatic rings. The molecule has 3 nitrogen and oxygen atoms in total. The molecule has 2 N–H and O–H groups in total. The quantitative estimate of drug-likeness (QED) is 0.857. The SMILES string of the molecule is Cc1cccc(CNC2CCCCNC2=O)c1C. The number of aryl methyl sites for hydroxylation is 1. The number of carbonyl (C=O) groups is 1. The molecule has 18 heavy (non-hydrogen) atoms. The smallest absolute Gasteiger partial charge is 0.237 e. The summed E-state index contributed by atoms with van der Waals surface area (Å²) in [6, 6.07) is 6.29. The molecule has 1 atom stereocenters. The molecule has 0 saturated carbocycles. The summed E-state index contributed by atoms with van der Waals surface area (Å²) in [4.78, 5) is 11.8. The van der Waals surface area contributed by atoms with Crippen LogP contribution in [-0.2, 0) is 11.3 Å². The van der Waals surface area contributed by atoms with Gasteiger partial charge in [0.15, 0.2) is 0 Å². The van der Waals surface area contributed by atoms with Gasteiger partial charge in [-0.25, -0.2) is 0 Å². The van der Waals surface area contributed by atoms with Crippen molar-refractivity contribution >= 4 is 5.91 Å². The number of rotatable bonds is 3. The number of carbonyl (C=O) groups excluding carboxylic acids is 1. The van der Waals surface area contributed by atoms with Crippen molar-refractivity contribution in [2.24, 2.45) is 0 Å². The lowest BCUT2D eigenvalue weighted by Gasteiger charge is -2.16. The molecule has 1 aromatic carbocycles. The molecule has 1 amide bonds. The Morgan fingerprint density at radius 1 is 1.33 bits per heavy atom. The summed E-state index contributed by atoms with van der Waals surface area (Å²) in [5, 5.41) is 6.34. The van der Waals surface area contributed by atoms with Crippen LogP contribution < -0.4 is 10.6 Å². The molecule has 1 aliphatic heterocycles. The van der Waals surface area contributed by atoms with Crippen LogP contribution in [0.2, 0.25) is 0 Å². The van der Waals surface area contributed by atoms with Crippen molar-refractivity contribution in [2.45, 2.75) is 45.7 Å². The number of amides is 1. The molecule has 1 fully saturated rings. The zero-order chi connectivity index (χ0) is 13.0. The highest BCUT2D eigenvalue weighted by Gasteiger charge is 2.19. The molecule has 0 aliphatic carbocycles. The third-order valence-corrected chi connectivity index (χ3v) is 3.79. The van der Waals surface area contributed by atoms with E-state index in [9.17, 15) is 4.79 Å². The molecule has 1 aromatic rings. The molecule has 0 aromatic heterocycles. The Kier molecular flexibility index (Phi) is 4.37. The van der Waals surface area contributed by atoms with Crippen molar-refractivity contribution in [3.05, 3.63) is 34.9 Å². The van der Waals surface area contributed by atoms with Crippen molar-refractivity contribution in [1.82, 2.24) is 10.6 Å². The molecule has 1 unspecified atom stereocenters. The first kappa shape index (κ1) is 13.1. The minimum Gasteiger partial charge on any atom is -0.355 e. The Hall–Kier alpha value is -1.35. The van der Waals surface area contributed by atoms with E-state index in [2.05, 4.69) is 42.7 Å². The van der Waals surface area contributed by atoms with Gasteiger partial charge in [-0.2, -0.15) is 0 Å². The van der Waals surface area contributed by atoms with Crippen LogP contribution >= 0.6 is 0 Å². The summed E-state index contributed by atoms with van der Waals surface area (Å²) in [5.41, 5.74) is 3.91. The lowest BCUT2D eigenvalue weighted by Crippen LogP contribution is -2.42. The van der Waals surface area contributed by atoms with Crippen molar-refractivity contribution in [2.75, 3.05) is 6.54 Å². The van der Waals surface area contributed by atoms with Gasteiger partial charge in [-0.1, -0.05) is 18.2 Å². The maximum Gasteiger partial charge on any atom is 0.237 e. The van der Waals surface area contributed by atoms with Crippen LogP contribution in [0, 0.1) is 13.8 Å². The third-order valence-electron chi connectivity index (χ3n) is 3.79. The summed E-state index contributed by atoms with van der Waals surface area (Å²) >= 11 is 0. The standard InChI is InChI=1S/C15H22N2O/c1-11-6-5-7-13(12(11)2)10-17-14-8-3-4-9-16-15(14)18/h5-7,14,17H,3-4,8-10H2,1-2H3,(H,16,18). The summed E-state index contributed by atoms with van der Waals surface area (Å²) in [6.45, 7) is 5.85. The van der Waals surface area contributed by atoms with Crippen LogP contribution in [0.25, 0.3) is 0 Å². The van der Waals surface area contributed by atoms with Gasteiger partial charge in [0, 0.05) is 13.1 Å². The fraction of sp³-hybridized carbons (Fsp3) is 0.533. The van der Waals surface area contributed by atoms with Crippen LogP contribution in [0.1, 0.15) is 36.0 Å². The van der Waals surface area contributed by atoms with E-state index >= 15 is 0 Å². The van der Waals surface area contributed by atoms with Gasteiger partial charge < -0.3 is 10.6 Å². The van der Waals surface area contributed by atoms with Gasteiger partial charge >= 0.3 is 0 Å². The Balaban J connectivity index is 1.98. The maximum absolute atomic E-state index is 11.8. The monoisotopic (exact) mass is 246 g/mol. The highest BCUT2D eigenvalue weighted by molar-refractivity contribution is 5.81. The van der Waals surface area contributed by atoms with Crippen LogP contribution in [0.15, 0.2) is 18.2 Å². The van der Waals surface area contributed by atoms with E-state index in [-0.39, 0.29) is 11.9 Å². The summed E-state index contributed by atoms with van der Waals surface area (Å²) in [7, 11) is 0. The van der Waals surface area contributed by atoms with E-state index in [4.69, 9.17) is 0 Å². The summed E-state index contributed by atoms with van der Waals surface area (Å²) < 4.78 is 0. The molecule has 0 bridgehead atoms. The van der Waals surface area contributed by atoms with E-state index in [1.165, 1.54) is 16.7 Å². The lowest BCUT2D eigenvalue weighted by molar-refractivity contribution is -0.122. The Bertz CT molecular complexity index is 429. The number of hydrogen-bond donors (Lipinski definition) is 2. The first-order valence-electron chi connectivity index (χ1n) is 6.74. The molecule has 3 heteroatoms. The van der Waals surface area contributed by atoms with Crippen molar-refractivity contribution in [3.8, 4) is 0 Å². The van der Waals surface area contributed by atoms with Gasteiger partial charge in [0.05, 0.1) is 6.04 Å². The topological polar surface area (TPSA) is 41.1 Å². The second kappa shape index (κ2) is 6.01. The Labute approximate surface area is 109 Å². The minimum atomic E-state index is -0.0348. The van der Waals surface area contributed by atoms with E-state index in [0.29, 0.717) is 0 Å². The largest absolute Gasteiger partial charge is 0.355 e. The first-order valence-corrected chi connectivity index (χ1v) is 6.74. The van der Waals surface area contributed by atoms with E-state index in [0.717, 1.165) is 32.4 Å². The number of benzene rings is 1. The lowest BCUT2D eigenvalue weighted by atomic mass is 10.0. The second-order valence-electron chi connectivity index (χ2n) is 5.08. The average molecular weight is 246 g/mol. The number of nitrogens with one attached hydrogen (secondary N) is 2. The Morgan fingerprint density at radius 3 is 3.00 bits per heavy atom. The second-order valence-corrected chi connectivity index (χ2v) is 5.08. The molecule has 1 saturated heterocycles.